The standard InChI is InChI=1S/C8H12N2O2/c1-7(2)8(4-9,5-12-3)10-6-11/h7H,5H2,1-3H3. The minimum atomic E-state index is -1.07. The maximum atomic E-state index is 10.1. The smallest absolute Gasteiger partial charge is 0.236 e. The van der Waals surface area contributed by atoms with Crippen LogP contribution in [0.3, 0.4) is 0 Å². The molecule has 12 heavy (non-hydrogen) atoms. The molecule has 0 rings (SSSR count). The minimum absolute atomic E-state index is 0.0658. The molecule has 4 nitrogen and oxygen atoms in total. The average molecular weight is 168 g/mol. The SMILES string of the molecule is COCC(C#N)(N=C=O)C(C)C. The van der Waals surface area contributed by atoms with Crippen molar-refractivity contribution in [1.29, 1.82) is 5.26 Å². The molecule has 0 N–H and O–H groups in total. The highest BCUT2D eigenvalue weighted by atomic mass is 16.5. The number of hydrogen-bond acceptors (Lipinski definition) is 4. The van der Waals surface area contributed by atoms with E-state index in [4.69, 9.17) is 10.00 Å². The zero-order chi connectivity index (χ0) is 9.61. The fourth-order valence-electron chi connectivity index (χ4n) is 0.816. The molecule has 0 amide bonds. The fraction of sp³-hybridized carbons (Fsp3) is 0.750. The van der Waals surface area contributed by atoms with Gasteiger partial charge in [-0.2, -0.15) is 10.3 Å². The van der Waals surface area contributed by atoms with Crippen molar-refractivity contribution in [2.45, 2.75) is 19.4 Å². The molecule has 66 valence electrons. The molecule has 0 radical (unpaired) electrons. The molecule has 0 aliphatic carbocycles. The van der Waals surface area contributed by atoms with Crippen molar-refractivity contribution in [3.8, 4) is 6.07 Å². The lowest BCUT2D eigenvalue weighted by Crippen LogP contribution is -2.36. The van der Waals surface area contributed by atoms with Crippen molar-refractivity contribution in [3.05, 3.63) is 0 Å². The van der Waals surface area contributed by atoms with Gasteiger partial charge in [0, 0.05) is 7.11 Å². The monoisotopic (exact) mass is 168 g/mol. The third-order valence-corrected chi connectivity index (χ3v) is 1.76. The summed E-state index contributed by atoms with van der Waals surface area (Å²) in [6.45, 7) is 3.74. The van der Waals surface area contributed by atoms with Crippen LogP contribution in [-0.2, 0) is 9.53 Å². The quantitative estimate of drug-likeness (QED) is 0.462. The maximum absolute atomic E-state index is 10.1. The van der Waals surface area contributed by atoms with Gasteiger partial charge < -0.3 is 4.74 Å². The van der Waals surface area contributed by atoms with Gasteiger partial charge in [-0.1, -0.05) is 13.8 Å². The molecule has 0 saturated carbocycles. The first kappa shape index (κ1) is 10.8. The second-order valence-corrected chi connectivity index (χ2v) is 2.83. The zero-order valence-electron chi connectivity index (χ0n) is 7.50. The van der Waals surface area contributed by atoms with E-state index in [1.54, 1.807) is 0 Å². The second-order valence-electron chi connectivity index (χ2n) is 2.83. The summed E-state index contributed by atoms with van der Waals surface area (Å²) in [6, 6.07) is 1.96. The first-order valence-electron chi connectivity index (χ1n) is 3.62. The number of rotatable bonds is 4. The van der Waals surface area contributed by atoms with Crippen LogP contribution in [0.15, 0.2) is 4.99 Å². The van der Waals surface area contributed by atoms with Gasteiger partial charge in [-0.25, -0.2) is 4.79 Å². The van der Waals surface area contributed by atoms with Gasteiger partial charge in [0.25, 0.3) is 0 Å². The van der Waals surface area contributed by atoms with E-state index in [1.807, 2.05) is 19.9 Å². The molecule has 0 aromatic heterocycles. The Balaban J connectivity index is 4.78. The Morgan fingerprint density at radius 3 is 2.50 bits per heavy atom. The van der Waals surface area contributed by atoms with Gasteiger partial charge in [-0.15, -0.1) is 0 Å². The van der Waals surface area contributed by atoms with E-state index in [1.165, 1.54) is 13.2 Å². The molecular weight excluding hydrogens is 156 g/mol. The van der Waals surface area contributed by atoms with Gasteiger partial charge in [0.05, 0.1) is 12.7 Å². The third-order valence-electron chi connectivity index (χ3n) is 1.76. The molecular formula is C8H12N2O2. The van der Waals surface area contributed by atoms with Crippen LogP contribution in [0.2, 0.25) is 0 Å². The highest BCUT2D eigenvalue weighted by molar-refractivity contribution is 5.37. The Labute approximate surface area is 71.9 Å². The predicted octanol–water partition coefficient (Wildman–Crippen LogP) is 0.887. The Bertz CT molecular complexity index is 226. The summed E-state index contributed by atoms with van der Waals surface area (Å²) >= 11 is 0. The van der Waals surface area contributed by atoms with Gasteiger partial charge in [0.1, 0.15) is 0 Å². The molecule has 0 aliphatic rings. The third kappa shape index (κ3) is 2.16. The number of ether oxygens (including phenoxy) is 1. The molecule has 1 atom stereocenters. The van der Waals surface area contributed by atoms with Crippen LogP contribution in [0.4, 0.5) is 0 Å². The van der Waals surface area contributed by atoms with Crippen molar-refractivity contribution in [2.24, 2.45) is 10.9 Å². The van der Waals surface area contributed by atoms with Crippen LogP contribution in [-0.4, -0.2) is 25.3 Å². The number of hydrogen-bond donors (Lipinski definition) is 0. The molecule has 0 aliphatic heterocycles. The van der Waals surface area contributed by atoms with E-state index >= 15 is 0 Å². The summed E-state index contributed by atoms with van der Waals surface area (Å²) in [6.07, 6.45) is 1.40. The number of carbonyl (C=O) groups excluding carboxylic acids is 1. The number of nitriles is 1. The van der Waals surface area contributed by atoms with Gasteiger partial charge in [0.15, 0.2) is 5.54 Å². The molecule has 1 unspecified atom stereocenters. The summed E-state index contributed by atoms with van der Waals surface area (Å²) < 4.78 is 4.82. The van der Waals surface area contributed by atoms with Gasteiger partial charge in [-0.3, -0.25) is 0 Å². The summed E-state index contributed by atoms with van der Waals surface area (Å²) in [5.74, 6) is -0.0658. The number of nitrogens with zero attached hydrogens (tertiary/aromatic N) is 2. The van der Waals surface area contributed by atoms with Crippen LogP contribution in [0.5, 0.6) is 0 Å². The topological polar surface area (TPSA) is 62.4 Å². The lowest BCUT2D eigenvalue weighted by atomic mass is 9.89. The fourth-order valence-corrected chi connectivity index (χ4v) is 0.816. The first-order chi connectivity index (χ1) is 5.63. The largest absolute Gasteiger partial charge is 0.381 e. The van der Waals surface area contributed by atoms with Crippen molar-refractivity contribution >= 4 is 6.08 Å². The van der Waals surface area contributed by atoms with Gasteiger partial charge in [0.2, 0.25) is 6.08 Å². The molecule has 0 aromatic carbocycles. The molecule has 0 heterocycles. The van der Waals surface area contributed by atoms with E-state index in [0.29, 0.717) is 0 Å². The number of methoxy groups -OCH3 is 1. The lowest BCUT2D eigenvalue weighted by molar-refractivity contribution is 0.136. The van der Waals surface area contributed by atoms with Crippen molar-refractivity contribution < 1.29 is 9.53 Å². The summed E-state index contributed by atoms with van der Waals surface area (Å²) in [5.41, 5.74) is -1.07. The van der Waals surface area contributed by atoms with E-state index in [9.17, 15) is 4.79 Å². The second kappa shape index (κ2) is 4.66. The van der Waals surface area contributed by atoms with Crippen LogP contribution < -0.4 is 0 Å². The molecule has 0 saturated heterocycles. The Hall–Kier alpha value is -1.17. The molecule has 0 spiro atoms. The molecule has 4 heteroatoms. The van der Waals surface area contributed by atoms with Crippen LogP contribution in [0.1, 0.15) is 13.8 Å². The first-order valence-corrected chi connectivity index (χ1v) is 3.62. The van der Waals surface area contributed by atoms with E-state index in [2.05, 4.69) is 4.99 Å². The number of aliphatic imine (C=N–C) groups is 1. The Morgan fingerprint density at radius 2 is 2.25 bits per heavy atom. The Kier molecular flexibility index (Phi) is 4.20. The number of isocyanates is 1. The minimum Gasteiger partial charge on any atom is -0.381 e. The van der Waals surface area contributed by atoms with Crippen molar-refractivity contribution in [2.75, 3.05) is 13.7 Å². The average Bonchev–Trinajstić information content (AvgIpc) is 2.03. The van der Waals surface area contributed by atoms with Gasteiger partial charge >= 0.3 is 0 Å². The van der Waals surface area contributed by atoms with E-state index < -0.39 is 5.54 Å². The lowest BCUT2D eigenvalue weighted by Gasteiger charge is -2.22. The van der Waals surface area contributed by atoms with Crippen LogP contribution >= 0.6 is 0 Å². The molecule has 0 bridgehead atoms. The highest BCUT2D eigenvalue weighted by Crippen LogP contribution is 2.20. The van der Waals surface area contributed by atoms with Crippen molar-refractivity contribution in [1.82, 2.24) is 0 Å². The van der Waals surface area contributed by atoms with Crippen molar-refractivity contribution in [3.63, 3.8) is 0 Å². The van der Waals surface area contributed by atoms with Crippen LogP contribution in [0, 0.1) is 17.2 Å². The molecule has 0 aromatic rings. The predicted molar refractivity (Wildman–Crippen MR) is 43.2 cm³/mol. The van der Waals surface area contributed by atoms with Crippen LogP contribution in [0.25, 0.3) is 0 Å². The summed E-state index contributed by atoms with van der Waals surface area (Å²) in [7, 11) is 1.47. The zero-order valence-corrected chi connectivity index (χ0v) is 7.50. The molecule has 0 fully saturated rings. The highest BCUT2D eigenvalue weighted by Gasteiger charge is 2.33. The normalized spacial score (nSPS) is 14.6. The maximum Gasteiger partial charge on any atom is 0.236 e. The van der Waals surface area contributed by atoms with Gasteiger partial charge in [-0.05, 0) is 5.92 Å². The van der Waals surface area contributed by atoms with E-state index in [0.717, 1.165) is 0 Å². The Morgan fingerprint density at radius 1 is 1.67 bits per heavy atom. The van der Waals surface area contributed by atoms with E-state index in [-0.39, 0.29) is 12.5 Å². The summed E-state index contributed by atoms with van der Waals surface area (Å²) in [5, 5.41) is 8.81. The summed E-state index contributed by atoms with van der Waals surface area (Å²) in [4.78, 5) is 13.5.